The summed E-state index contributed by atoms with van der Waals surface area (Å²) >= 11 is 3.43. The number of hydrogen-bond acceptors (Lipinski definition) is 7. The lowest BCUT2D eigenvalue weighted by molar-refractivity contribution is -0.133. The van der Waals surface area contributed by atoms with Gasteiger partial charge in [-0.05, 0) is 30.5 Å². The van der Waals surface area contributed by atoms with E-state index in [0.29, 0.717) is 24.6 Å². The van der Waals surface area contributed by atoms with Crippen LogP contribution in [0.1, 0.15) is 0 Å². The van der Waals surface area contributed by atoms with E-state index in [1.807, 2.05) is 23.1 Å². The number of hydrogen-bond donors (Lipinski definition) is 0. The Morgan fingerprint density at radius 2 is 1.86 bits per heavy atom. The normalized spacial score (nSPS) is 14.3. The predicted octanol–water partition coefficient (Wildman–Crippen LogP) is 3.75. The second-order valence-corrected chi connectivity index (χ2v) is 8.47. The third-order valence-electron chi connectivity index (χ3n) is 4.91. The molecule has 0 N–H and O–H groups in total. The number of piperazine rings is 1. The summed E-state index contributed by atoms with van der Waals surface area (Å²) in [6.07, 6.45) is 2.07. The highest BCUT2D eigenvalue weighted by atomic mass is 32.2. The molecule has 0 radical (unpaired) electrons. The molecule has 29 heavy (non-hydrogen) atoms. The zero-order chi connectivity index (χ0) is 20.2. The maximum absolute atomic E-state index is 12.6. The molecule has 1 aromatic heterocycles. The lowest BCUT2D eigenvalue weighted by Crippen LogP contribution is -2.50. The van der Waals surface area contributed by atoms with Crippen LogP contribution in [-0.2, 0) is 4.79 Å². The molecule has 2 heterocycles. The number of carbonyl (C=O) groups excluding carboxylic acids is 1. The van der Waals surface area contributed by atoms with Gasteiger partial charge in [0.25, 0.3) is 5.91 Å². The number of nitrogens with zero attached hydrogens (tertiary/aromatic N) is 3. The summed E-state index contributed by atoms with van der Waals surface area (Å²) in [4.78, 5) is 22.7. The molecule has 0 atom stereocenters. The smallest absolute Gasteiger partial charge is 0.260 e. The van der Waals surface area contributed by atoms with Crippen molar-refractivity contribution in [1.82, 2.24) is 9.88 Å². The molecule has 4 rings (SSSR count). The molecule has 0 bridgehead atoms. The van der Waals surface area contributed by atoms with Crippen LogP contribution in [-0.4, -0.2) is 61.9 Å². The Morgan fingerprint density at radius 1 is 1.10 bits per heavy atom. The van der Waals surface area contributed by atoms with Crippen molar-refractivity contribution >= 4 is 44.4 Å². The Bertz CT molecular complexity index is 1000. The molecule has 1 saturated heterocycles. The number of aromatic nitrogens is 1. The minimum atomic E-state index is -0.00970. The third kappa shape index (κ3) is 4.28. The van der Waals surface area contributed by atoms with Crippen LogP contribution in [0.5, 0.6) is 11.5 Å². The van der Waals surface area contributed by atoms with E-state index in [9.17, 15) is 4.79 Å². The maximum atomic E-state index is 12.6. The first kappa shape index (κ1) is 19.8. The van der Waals surface area contributed by atoms with Crippen LogP contribution >= 0.6 is 23.1 Å². The lowest BCUT2D eigenvalue weighted by Gasteiger charge is -2.34. The van der Waals surface area contributed by atoms with Gasteiger partial charge in [-0.1, -0.05) is 29.5 Å². The van der Waals surface area contributed by atoms with Gasteiger partial charge in [0.1, 0.15) is 0 Å². The number of methoxy groups -OCH3 is 1. The zero-order valence-corrected chi connectivity index (χ0v) is 18.1. The number of amides is 1. The summed E-state index contributed by atoms with van der Waals surface area (Å²) < 4.78 is 12.1. The minimum Gasteiger partial charge on any atom is -0.493 e. The fraction of sp³-hybridized carbons (Fsp3) is 0.333. The SMILES string of the molecule is COc1ccccc1OCC(=O)N1CCN(c2nc3c(SC)cccc3s2)CC1. The van der Waals surface area contributed by atoms with Crippen molar-refractivity contribution in [2.24, 2.45) is 0 Å². The van der Waals surface area contributed by atoms with E-state index in [1.165, 1.54) is 9.60 Å². The second-order valence-electron chi connectivity index (χ2n) is 6.61. The molecule has 1 fully saturated rings. The van der Waals surface area contributed by atoms with Crippen LogP contribution in [0.2, 0.25) is 0 Å². The molecular formula is C21H23N3O3S2. The van der Waals surface area contributed by atoms with Crippen molar-refractivity contribution in [3.05, 3.63) is 42.5 Å². The fourth-order valence-electron chi connectivity index (χ4n) is 3.33. The molecule has 0 aliphatic carbocycles. The average molecular weight is 430 g/mol. The van der Waals surface area contributed by atoms with E-state index in [2.05, 4.69) is 29.4 Å². The zero-order valence-electron chi connectivity index (χ0n) is 16.5. The number of ether oxygens (including phenoxy) is 2. The third-order valence-corrected chi connectivity index (χ3v) is 6.76. The van der Waals surface area contributed by atoms with Crippen LogP contribution in [0.15, 0.2) is 47.4 Å². The van der Waals surface area contributed by atoms with Crippen molar-refractivity contribution in [3.63, 3.8) is 0 Å². The summed E-state index contributed by atoms with van der Waals surface area (Å²) in [6.45, 7) is 2.89. The van der Waals surface area contributed by atoms with Gasteiger partial charge in [0.05, 0.1) is 17.3 Å². The van der Waals surface area contributed by atoms with Crippen LogP contribution in [0.25, 0.3) is 10.2 Å². The van der Waals surface area contributed by atoms with Gasteiger partial charge in [-0.25, -0.2) is 4.98 Å². The van der Waals surface area contributed by atoms with Crippen LogP contribution in [0, 0.1) is 0 Å². The number of para-hydroxylation sites is 3. The summed E-state index contributed by atoms with van der Waals surface area (Å²) in [5, 5.41) is 1.03. The molecule has 0 spiro atoms. The van der Waals surface area contributed by atoms with Crippen molar-refractivity contribution in [2.75, 3.05) is 51.1 Å². The van der Waals surface area contributed by atoms with E-state index >= 15 is 0 Å². The van der Waals surface area contributed by atoms with Gasteiger partial charge in [0.2, 0.25) is 0 Å². The highest BCUT2D eigenvalue weighted by molar-refractivity contribution is 7.98. The van der Waals surface area contributed by atoms with Gasteiger partial charge < -0.3 is 19.3 Å². The number of rotatable bonds is 6. The Balaban J connectivity index is 1.35. The van der Waals surface area contributed by atoms with Gasteiger partial charge in [0.15, 0.2) is 23.2 Å². The molecule has 0 unspecified atom stereocenters. The molecule has 2 aromatic carbocycles. The fourth-order valence-corrected chi connectivity index (χ4v) is 5.00. The van der Waals surface area contributed by atoms with Crippen molar-refractivity contribution in [1.29, 1.82) is 0 Å². The molecule has 6 nitrogen and oxygen atoms in total. The lowest BCUT2D eigenvalue weighted by atomic mass is 10.3. The first-order valence-corrected chi connectivity index (χ1v) is 11.5. The number of carbonyl (C=O) groups is 1. The molecule has 152 valence electrons. The minimum absolute atomic E-state index is 0.00970. The van der Waals surface area contributed by atoms with Crippen LogP contribution in [0.3, 0.4) is 0 Å². The summed E-state index contributed by atoms with van der Waals surface area (Å²) in [6, 6.07) is 13.7. The topological polar surface area (TPSA) is 54.9 Å². The molecule has 8 heteroatoms. The molecule has 1 aliphatic rings. The van der Waals surface area contributed by atoms with Gasteiger partial charge in [0, 0.05) is 31.1 Å². The van der Waals surface area contributed by atoms with E-state index in [0.717, 1.165) is 23.7 Å². The number of thiazole rings is 1. The van der Waals surface area contributed by atoms with Crippen LogP contribution in [0.4, 0.5) is 5.13 Å². The Labute approximate surface area is 178 Å². The highest BCUT2D eigenvalue weighted by Crippen LogP contribution is 2.34. The van der Waals surface area contributed by atoms with Gasteiger partial charge in [-0.2, -0.15) is 0 Å². The Morgan fingerprint density at radius 3 is 2.59 bits per heavy atom. The quantitative estimate of drug-likeness (QED) is 0.556. The Kier molecular flexibility index (Phi) is 6.10. The van der Waals surface area contributed by atoms with Crippen molar-refractivity contribution in [3.8, 4) is 11.5 Å². The first-order valence-electron chi connectivity index (χ1n) is 9.41. The van der Waals surface area contributed by atoms with Gasteiger partial charge >= 0.3 is 0 Å². The Hall–Kier alpha value is -2.45. The molecule has 1 aliphatic heterocycles. The number of anilines is 1. The average Bonchev–Trinajstić information content (AvgIpc) is 3.22. The van der Waals surface area contributed by atoms with E-state index in [-0.39, 0.29) is 12.5 Å². The van der Waals surface area contributed by atoms with Crippen LogP contribution < -0.4 is 14.4 Å². The summed E-state index contributed by atoms with van der Waals surface area (Å²) in [5.74, 6) is 1.20. The molecule has 0 saturated carbocycles. The molecule has 3 aromatic rings. The summed E-state index contributed by atoms with van der Waals surface area (Å²) in [7, 11) is 1.59. The van der Waals surface area contributed by atoms with Crippen molar-refractivity contribution in [2.45, 2.75) is 4.90 Å². The largest absolute Gasteiger partial charge is 0.493 e. The van der Waals surface area contributed by atoms with Crippen molar-refractivity contribution < 1.29 is 14.3 Å². The highest BCUT2D eigenvalue weighted by Gasteiger charge is 2.24. The number of thioether (sulfide) groups is 1. The standard InChI is InChI=1S/C21H23N3O3S2/c1-26-15-6-3-4-7-16(15)27-14-19(25)23-10-12-24(13-11-23)21-22-20-17(28-2)8-5-9-18(20)29-21/h3-9H,10-14H2,1-2H3. The summed E-state index contributed by atoms with van der Waals surface area (Å²) in [5.41, 5.74) is 1.07. The van der Waals surface area contributed by atoms with Gasteiger partial charge in [-0.15, -0.1) is 11.8 Å². The molecular weight excluding hydrogens is 406 g/mol. The maximum Gasteiger partial charge on any atom is 0.260 e. The van der Waals surface area contributed by atoms with Gasteiger partial charge in [-0.3, -0.25) is 4.79 Å². The predicted molar refractivity (Wildman–Crippen MR) is 119 cm³/mol. The van der Waals surface area contributed by atoms with E-state index in [4.69, 9.17) is 14.5 Å². The number of benzene rings is 2. The first-order chi connectivity index (χ1) is 14.2. The second kappa shape index (κ2) is 8.92. The number of fused-ring (bicyclic) bond motifs is 1. The van der Waals surface area contributed by atoms with E-state index < -0.39 is 0 Å². The van der Waals surface area contributed by atoms with E-state index in [1.54, 1.807) is 36.3 Å². The monoisotopic (exact) mass is 429 g/mol. The molecule has 1 amide bonds.